The molecule has 6 nitrogen and oxygen atoms in total. The van der Waals surface area contributed by atoms with Crippen molar-refractivity contribution in [3.05, 3.63) is 41.2 Å². The zero-order valence-corrected chi connectivity index (χ0v) is 12.6. The minimum Gasteiger partial charge on any atom is -0.495 e. The van der Waals surface area contributed by atoms with E-state index in [-0.39, 0.29) is 17.2 Å². The van der Waals surface area contributed by atoms with Crippen LogP contribution in [0.25, 0.3) is 0 Å². The van der Waals surface area contributed by atoms with Gasteiger partial charge in [-0.15, -0.1) is 0 Å². The van der Waals surface area contributed by atoms with Crippen LogP contribution in [0.1, 0.15) is 5.56 Å². The van der Waals surface area contributed by atoms with Crippen LogP contribution in [0.4, 0.5) is 0 Å². The fourth-order valence-electron chi connectivity index (χ4n) is 1.73. The molecule has 0 aliphatic heterocycles. The Labute approximate surface area is 122 Å². The zero-order chi connectivity index (χ0) is 14.8. The Morgan fingerprint density at radius 2 is 2.20 bits per heavy atom. The van der Waals surface area contributed by atoms with Gasteiger partial charge in [-0.05, 0) is 12.1 Å². The van der Waals surface area contributed by atoms with Crippen molar-refractivity contribution < 1.29 is 13.2 Å². The molecule has 2 rings (SSSR count). The third kappa shape index (κ3) is 2.95. The molecule has 0 radical (unpaired) electrons. The van der Waals surface area contributed by atoms with Crippen molar-refractivity contribution in [3.63, 3.8) is 0 Å². The lowest BCUT2D eigenvalue weighted by atomic mass is 10.3. The fraction of sp³-hybridized carbons (Fsp3) is 0.250. The number of halogens is 1. The van der Waals surface area contributed by atoms with Crippen molar-refractivity contribution >= 4 is 21.6 Å². The number of hydrogen-bond donors (Lipinski definition) is 1. The first kappa shape index (κ1) is 14.8. The zero-order valence-electron chi connectivity index (χ0n) is 11.0. The first-order chi connectivity index (χ1) is 9.45. The highest BCUT2D eigenvalue weighted by Gasteiger charge is 2.25. The maximum Gasteiger partial charge on any atom is 0.246 e. The molecule has 0 fully saturated rings. The number of H-pyrrole nitrogens is 1. The number of aromatic nitrogens is 2. The molecule has 0 spiro atoms. The number of sulfonamides is 1. The van der Waals surface area contributed by atoms with Crippen LogP contribution >= 0.6 is 11.6 Å². The molecule has 20 heavy (non-hydrogen) atoms. The van der Waals surface area contributed by atoms with Crippen LogP contribution in [0.3, 0.4) is 0 Å². The van der Waals surface area contributed by atoms with Gasteiger partial charge in [-0.2, -0.15) is 9.40 Å². The molecule has 2 aromatic rings. The topological polar surface area (TPSA) is 75.3 Å². The molecule has 0 bridgehead atoms. The quantitative estimate of drug-likeness (QED) is 0.914. The Bertz CT molecular complexity index is 686. The van der Waals surface area contributed by atoms with Crippen molar-refractivity contribution in [1.29, 1.82) is 0 Å². The van der Waals surface area contributed by atoms with Gasteiger partial charge in [0.2, 0.25) is 10.0 Å². The van der Waals surface area contributed by atoms with Gasteiger partial charge in [0.15, 0.2) is 0 Å². The molecule has 1 aromatic heterocycles. The SMILES string of the molecule is COc1cc(Cl)ccc1S(=O)(=O)N(C)Cc1cn[nH]c1. The van der Waals surface area contributed by atoms with E-state index in [0.717, 1.165) is 5.56 Å². The molecule has 0 saturated heterocycles. The molecule has 0 unspecified atom stereocenters. The van der Waals surface area contributed by atoms with Crippen molar-refractivity contribution in [2.75, 3.05) is 14.2 Å². The molecule has 1 heterocycles. The molecule has 108 valence electrons. The van der Waals surface area contributed by atoms with E-state index in [4.69, 9.17) is 16.3 Å². The van der Waals surface area contributed by atoms with E-state index in [1.807, 2.05) is 0 Å². The van der Waals surface area contributed by atoms with Gasteiger partial charge in [-0.25, -0.2) is 8.42 Å². The molecular weight excluding hydrogens is 302 g/mol. The van der Waals surface area contributed by atoms with E-state index in [2.05, 4.69) is 10.2 Å². The summed E-state index contributed by atoms with van der Waals surface area (Å²) in [6.07, 6.45) is 3.22. The predicted octanol–water partition coefficient (Wildman–Crippen LogP) is 1.89. The highest BCUT2D eigenvalue weighted by atomic mass is 35.5. The second kappa shape index (κ2) is 5.82. The summed E-state index contributed by atoms with van der Waals surface area (Å²) in [4.78, 5) is 0.0791. The van der Waals surface area contributed by atoms with Crippen LogP contribution in [0, 0.1) is 0 Å². The maximum absolute atomic E-state index is 12.5. The van der Waals surface area contributed by atoms with Gasteiger partial charge in [0.25, 0.3) is 0 Å². The van der Waals surface area contributed by atoms with E-state index in [1.165, 1.54) is 36.7 Å². The number of ether oxygens (including phenoxy) is 1. The molecule has 0 amide bonds. The summed E-state index contributed by atoms with van der Waals surface area (Å²) in [6.45, 7) is 0.213. The monoisotopic (exact) mass is 315 g/mol. The van der Waals surface area contributed by atoms with E-state index in [0.29, 0.717) is 5.02 Å². The average Bonchev–Trinajstić information content (AvgIpc) is 2.91. The summed E-state index contributed by atoms with van der Waals surface area (Å²) >= 11 is 5.84. The Balaban J connectivity index is 2.34. The Kier molecular flexibility index (Phi) is 4.32. The number of benzene rings is 1. The molecule has 1 N–H and O–H groups in total. The minimum atomic E-state index is -3.67. The molecule has 1 aromatic carbocycles. The molecule has 0 saturated carbocycles. The lowest BCUT2D eigenvalue weighted by Gasteiger charge is -2.18. The third-order valence-electron chi connectivity index (χ3n) is 2.77. The number of nitrogens with zero attached hydrogens (tertiary/aromatic N) is 2. The van der Waals surface area contributed by atoms with E-state index >= 15 is 0 Å². The van der Waals surface area contributed by atoms with Crippen molar-refractivity contribution in [3.8, 4) is 5.75 Å². The van der Waals surface area contributed by atoms with Gasteiger partial charge in [0, 0.05) is 36.4 Å². The summed E-state index contributed by atoms with van der Waals surface area (Å²) < 4.78 is 31.4. The van der Waals surface area contributed by atoms with Gasteiger partial charge in [-0.3, -0.25) is 5.10 Å². The first-order valence-corrected chi connectivity index (χ1v) is 7.54. The summed E-state index contributed by atoms with van der Waals surface area (Å²) in [7, 11) is -0.767. The number of rotatable bonds is 5. The largest absolute Gasteiger partial charge is 0.495 e. The standard InChI is InChI=1S/C12H14ClN3O3S/c1-16(8-9-6-14-15-7-9)20(17,18)12-4-3-10(13)5-11(12)19-2/h3-7H,8H2,1-2H3,(H,14,15). The maximum atomic E-state index is 12.5. The Hall–Kier alpha value is -1.57. The molecule has 0 aliphatic rings. The third-order valence-corrected chi connectivity index (χ3v) is 4.85. The van der Waals surface area contributed by atoms with E-state index in [1.54, 1.807) is 12.4 Å². The predicted molar refractivity (Wildman–Crippen MR) is 75.2 cm³/mol. The molecule has 8 heteroatoms. The van der Waals surface area contributed by atoms with Gasteiger partial charge >= 0.3 is 0 Å². The lowest BCUT2D eigenvalue weighted by Crippen LogP contribution is -2.26. The highest BCUT2D eigenvalue weighted by Crippen LogP contribution is 2.29. The van der Waals surface area contributed by atoms with Crippen molar-refractivity contribution in [2.45, 2.75) is 11.4 Å². The summed E-state index contributed by atoms with van der Waals surface area (Å²) in [5.74, 6) is 0.219. The average molecular weight is 316 g/mol. The normalized spacial score (nSPS) is 11.8. The Morgan fingerprint density at radius 3 is 2.80 bits per heavy atom. The lowest BCUT2D eigenvalue weighted by molar-refractivity contribution is 0.397. The van der Waals surface area contributed by atoms with Gasteiger partial charge in [0.05, 0.1) is 13.3 Å². The van der Waals surface area contributed by atoms with Crippen LogP contribution in [0.2, 0.25) is 5.02 Å². The van der Waals surface area contributed by atoms with E-state index < -0.39 is 10.0 Å². The highest BCUT2D eigenvalue weighted by molar-refractivity contribution is 7.89. The number of nitrogens with one attached hydrogen (secondary N) is 1. The van der Waals surface area contributed by atoms with Crippen molar-refractivity contribution in [2.24, 2.45) is 0 Å². The number of aromatic amines is 1. The van der Waals surface area contributed by atoms with E-state index in [9.17, 15) is 8.42 Å². The van der Waals surface area contributed by atoms with Crippen LogP contribution < -0.4 is 4.74 Å². The van der Waals surface area contributed by atoms with Crippen LogP contribution in [-0.2, 0) is 16.6 Å². The minimum absolute atomic E-state index is 0.0791. The van der Waals surface area contributed by atoms with Crippen LogP contribution in [0.15, 0.2) is 35.5 Å². The van der Waals surface area contributed by atoms with Crippen LogP contribution in [0.5, 0.6) is 5.75 Å². The van der Waals surface area contributed by atoms with Gasteiger partial charge in [0.1, 0.15) is 10.6 Å². The molecule has 0 aliphatic carbocycles. The fourth-order valence-corrected chi connectivity index (χ4v) is 3.18. The molecule has 0 atom stereocenters. The number of methoxy groups -OCH3 is 1. The van der Waals surface area contributed by atoms with Crippen LogP contribution in [-0.4, -0.2) is 37.1 Å². The summed E-state index contributed by atoms with van der Waals surface area (Å²) in [5.41, 5.74) is 0.768. The first-order valence-electron chi connectivity index (χ1n) is 5.72. The summed E-state index contributed by atoms with van der Waals surface area (Å²) in [5, 5.41) is 6.84. The smallest absolute Gasteiger partial charge is 0.246 e. The second-order valence-corrected chi connectivity index (χ2v) is 6.61. The summed E-state index contributed by atoms with van der Waals surface area (Å²) in [6, 6.07) is 4.42. The molecular formula is C12H14ClN3O3S. The van der Waals surface area contributed by atoms with Gasteiger partial charge < -0.3 is 4.74 Å². The second-order valence-electron chi connectivity index (χ2n) is 4.16. The van der Waals surface area contributed by atoms with Crippen molar-refractivity contribution in [1.82, 2.24) is 14.5 Å². The number of hydrogen-bond acceptors (Lipinski definition) is 4. The van der Waals surface area contributed by atoms with Gasteiger partial charge in [-0.1, -0.05) is 11.6 Å². The Morgan fingerprint density at radius 1 is 1.45 bits per heavy atom.